The second-order valence-electron chi connectivity index (χ2n) is 2.86. The van der Waals surface area contributed by atoms with Crippen LogP contribution in [0.1, 0.15) is 0 Å². The van der Waals surface area contributed by atoms with Crippen LogP contribution in [-0.2, 0) is 0 Å². The van der Waals surface area contributed by atoms with Crippen molar-refractivity contribution >= 4 is 28.5 Å². The van der Waals surface area contributed by atoms with Crippen molar-refractivity contribution in [2.45, 2.75) is 0 Å². The Kier molecular flexibility index (Phi) is 2.67. The predicted octanol–water partition coefficient (Wildman–Crippen LogP) is -0.0999. The molecule has 0 atom stereocenters. The lowest BCUT2D eigenvalue weighted by atomic mass is 9.79. The molecule has 1 aliphatic rings. The van der Waals surface area contributed by atoms with Gasteiger partial charge in [0, 0.05) is 9.94 Å². The number of hydrogen-bond donors (Lipinski definition) is 2. The maximum atomic E-state index is 9.15. The number of fused-ring (bicyclic) bond motifs is 1. The van der Waals surface area contributed by atoms with Crippen LogP contribution >= 0.6 is 15.9 Å². The Balaban J connectivity index is 2.55. The van der Waals surface area contributed by atoms with E-state index < -0.39 is 7.12 Å². The highest BCUT2D eigenvalue weighted by Gasteiger charge is 2.26. The summed E-state index contributed by atoms with van der Waals surface area (Å²) in [5.74, 6) is 0.947. The molecule has 0 spiro atoms. The third-order valence-electron chi connectivity index (χ3n) is 1.95. The van der Waals surface area contributed by atoms with E-state index >= 15 is 0 Å². The summed E-state index contributed by atoms with van der Waals surface area (Å²) in [7, 11) is -1.57. The minimum absolute atomic E-state index is 0.308. The number of ether oxygens (including phenoxy) is 2. The lowest BCUT2D eigenvalue weighted by molar-refractivity contribution is 0.172. The highest BCUT2D eigenvalue weighted by Crippen LogP contribution is 2.30. The molecule has 14 heavy (non-hydrogen) atoms. The van der Waals surface area contributed by atoms with Crippen molar-refractivity contribution in [3.05, 3.63) is 16.6 Å². The summed E-state index contributed by atoms with van der Waals surface area (Å²) in [6.45, 7) is 0.902. The summed E-state index contributed by atoms with van der Waals surface area (Å²) >= 11 is 3.22. The van der Waals surface area contributed by atoms with E-state index in [1.807, 2.05) is 0 Å². The first-order valence-electron chi connectivity index (χ1n) is 4.14. The van der Waals surface area contributed by atoms with Crippen molar-refractivity contribution in [1.29, 1.82) is 0 Å². The topological polar surface area (TPSA) is 58.9 Å². The molecule has 0 fully saturated rings. The molecular formula is C8H8BBrO4. The number of benzene rings is 1. The standard InChI is InChI=1S/C8H8BBrO4/c10-5-1-2-6-8(7(5)9(11)12)14-4-3-13-6/h1-2,11-12H,3-4H2. The Bertz CT molecular complexity index is 355. The average Bonchev–Trinajstić information content (AvgIpc) is 2.17. The maximum Gasteiger partial charge on any atom is 0.493 e. The SMILES string of the molecule is OB(O)c1c(Br)ccc2c1OCCO2. The zero-order chi connectivity index (χ0) is 10.1. The molecule has 0 radical (unpaired) electrons. The van der Waals surface area contributed by atoms with Crippen molar-refractivity contribution in [1.82, 2.24) is 0 Å². The number of rotatable bonds is 1. The van der Waals surface area contributed by atoms with Gasteiger partial charge in [-0.05, 0) is 12.1 Å². The molecule has 0 unspecified atom stereocenters. The van der Waals surface area contributed by atoms with Crippen molar-refractivity contribution < 1.29 is 19.5 Å². The molecule has 6 heteroatoms. The van der Waals surface area contributed by atoms with Gasteiger partial charge in [0.25, 0.3) is 0 Å². The molecule has 4 nitrogen and oxygen atoms in total. The van der Waals surface area contributed by atoms with Crippen molar-refractivity contribution in [2.75, 3.05) is 13.2 Å². The zero-order valence-electron chi connectivity index (χ0n) is 7.24. The molecule has 2 rings (SSSR count). The molecule has 1 aromatic carbocycles. The summed E-state index contributed by atoms with van der Waals surface area (Å²) in [5.41, 5.74) is 0.308. The average molecular weight is 259 g/mol. The first-order chi connectivity index (χ1) is 6.70. The quantitative estimate of drug-likeness (QED) is 0.691. The Hall–Kier alpha value is -0.715. The van der Waals surface area contributed by atoms with E-state index in [4.69, 9.17) is 19.5 Å². The molecule has 1 heterocycles. The van der Waals surface area contributed by atoms with Gasteiger partial charge in [0.05, 0.1) is 0 Å². The van der Waals surface area contributed by atoms with Gasteiger partial charge < -0.3 is 19.5 Å². The largest absolute Gasteiger partial charge is 0.493 e. The summed E-state index contributed by atoms with van der Waals surface area (Å²) in [6.07, 6.45) is 0. The summed E-state index contributed by atoms with van der Waals surface area (Å²) in [6, 6.07) is 3.42. The second-order valence-corrected chi connectivity index (χ2v) is 3.71. The molecule has 0 aromatic heterocycles. The fourth-order valence-electron chi connectivity index (χ4n) is 1.35. The maximum absolute atomic E-state index is 9.15. The molecule has 0 saturated carbocycles. The van der Waals surface area contributed by atoms with E-state index in [0.717, 1.165) is 0 Å². The molecule has 1 aromatic rings. The summed E-state index contributed by atoms with van der Waals surface area (Å²) < 4.78 is 11.2. The Labute approximate surface area is 89.7 Å². The van der Waals surface area contributed by atoms with Crippen LogP contribution in [0, 0.1) is 0 Å². The normalized spacial score (nSPS) is 13.9. The first-order valence-corrected chi connectivity index (χ1v) is 4.93. The smallest absolute Gasteiger partial charge is 0.486 e. The van der Waals surface area contributed by atoms with E-state index in [1.165, 1.54) is 0 Å². The Morgan fingerprint density at radius 1 is 1.21 bits per heavy atom. The van der Waals surface area contributed by atoms with Gasteiger partial charge in [0.15, 0.2) is 11.5 Å². The molecule has 0 bridgehead atoms. The number of halogens is 1. The summed E-state index contributed by atoms with van der Waals surface area (Å²) in [5, 5.41) is 18.3. The lowest BCUT2D eigenvalue weighted by Crippen LogP contribution is -2.34. The van der Waals surface area contributed by atoms with Crippen LogP contribution in [0.15, 0.2) is 16.6 Å². The first kappa shape index (κ1) is 9.83. The fourth-order valence-corrected chi connectivity index (χ4v) is 1.87. The van der Waals surface area contributed by atoms with Crippen LogP contribution in [0.5, 0.6) is 11.5 Å². The minimum Gasteiger partial charge on any atom is -0.486 e. The van der Waals surface area contributed by atoms with Crippen LogP contribution in [0.3, 0.4) is 0 Å². The van der Waals surface area contributed by atoms with Gasteiger partial charge in [-0.25, -0.2) is 0 Å². The van der Waals surface area contributed by atoms with Crippen LogP contribution in [0.2, 0.25) is 0 Å². The highest BCUT2D eigenvalue weighted by molar-refractivity contribution is 9.10. The minimum atomic E-state index is -1.57. The van der Waals surface area contributed by atoms with Crippen LogP contribution in [-0.4, -0.2) is 30.4 Å². The molecule has 0 aliphatic carbocycles. The van der Waals surface area contributed by atoms with Gasteiger partial charge in [-0.3, -0.25) is 0 Å². The third kappa shape index (κ3) is 1.60. The highest BCUT2D eigenvalue weighted by atomic mass is 79.9. The molecule has 74 valence electrons. The lowest BCUT2D eigenvalue weighted by Gasteiger charge is -2.21. The van der Waals surface area contributed by atoms with Gasteiger partial charge in [-0.15, -0.1) is 0 Å². The fraction of sp³-hybridized carbons (Fsp3) is 0.250. The Morgan fingerprint density at radius 3 is 2.64 bits per heavy atom. The molecule has 0 amide bonds. The van der Waals surface area contributed by atoms with Gasteiger partial charge in [0.2, 0.25) is 0 Å². The van der Waals surface area contributed by atoms with E-state index in [-0.39, 0.29) is 0 Å². The molecular weight excluding hydrogens is 251 g/mol. The summed E-state index contributed by atoms with van der Waals surface area (Å²) in [4.78, 5) is 0. The van der Waals surface area contributed by atoms with Crippen LogP contribution < -0.4 is 14.9 Å². The monoisotopic (exact) mass is 258 g/mol. The van der Waals surface area contributed by atoms with E-state index in [1.54, 1.807) is 12.1 Å². The van der Waals surface area contributed by atoms with Gasteiger partial charge in [0.1, 0.15) is 13.2 Å². The van der Waals surface area contributed by atoms with Crippen LogP contribution in [0.4, 0.5) is 0 Å². The Morgan fingerprint density at radius 2 is 1.93 bits per heavy atom. The zero-order valence-corrected chi connectivity index (χ0v) is 8.82. The van der Waals surface area contributed by atoms with Gasteiger partial charge >= 0.3 is 7.12 Å². The van der Waals surface area contributed by atoms with E-state index in [2.05, 4.69) is 15.9 Å². The van der Waals surface area contributed by atoms with E-state index in [9.17, 15) is 0 Å². The second kappa shape index (κ2) is 3.80. The number of hydrogen-bond acceptors (Lipinski definition) is 4. The van der Waals surface area contributed by atoms with E-state index in [0.29, 0.717) is 34.6 Å². The van der Waals surface area contributed by atoms with Crippen LogP contribution in [0.25, 0.3) is 0 Å². The van der Waals surface area contributed by atoms with Crippen molar-refractivity contribution in [3.8, 4) is 11.5 Å². The molecule has 0 saturated heterocycles. The third-order valence-corrected chi connectivity index (χ3v) is 2.64. The molecule has 2 N–H and O–H groups in total. The van der Waals surface area contributed by atoms with Crippen molar-refractivity contribution in [3.63, 3.8) is 0 Å². The van der Waals surface area contributed by atoms with Gasteiger partial charge in [-0.1, -0.05) is 15.9 Å². The molecule has 1 aliphatic heterocycles. The van der Waals surface area contributed by atoms with Gasteiger partial charge in [-0.2, -0.15) is 0 Å². The predicted molar refractivity (Wildman–Crippen MR) is 55.0 cm³/mol. The van der Waals surface area contributed by atoms with Crippen molar-refractivity contribution in [2.24, 2.45) is 0 Å².